The van der Waals surface area contributed by atoms with E-state index >= 15 is 0 Å². The van der Waals surface area contributed by atoms with Crippen molar-refractivity contribution in [1.82, 2.24) is 4.90 Å². The minimum absolute atomic E-state index is 0.603. The number of rotatable bonds is 6. The summed E-state index contributed by atoms with van der Waals surface area (Å²) in [7, 11) is 4.29. The van der Waals surface area contributed by atoms with Gasteiger partial charge in [0.1, 0.15) is 0 Å². The molecule has 2 rings (SSSR count). The van der Waals surface area contributed by atoms with Gasteiger partial charge in [-0.25, -0.2) is 0 Å². The first-order valence-corrected chi connectivity index (χ1v) is 6.99. The predicted molar refractivity (Wildman–Crippen MR) is 82.5 cm³/mol. The summed E-state index contributed by atoms with van der Waals surface area (Å²) in [6.07, 6.45) is 2.32. The molecule has 0 bridgehead atoms. The fraction of sp³-hybridized carbons (Fsp3) is 0.333. The maximum Gasteiger partial charge on any atom is -0.00189 e. The highest BCUT2D eigenvalue weighted by molar-refractivity contribution is 5.24. The highest BCUT2D eigenvalue weighted by Crippen LogP contribution is 2.24. The van der Waals surface area contributed by atoms with Crippen LogP contribution in [0.5, 0.6) is 0 Å². The van der Waals surface area contributed by atoms with Gasteiger partial charge < -0.3 is 4.90 Å². The Balaban J connectivity index is 2.10. The highest BCUT2D eigenvalue weighted by atomic mass is 15.0. The lowest BCUT2D eigenvalue weighted by Gasteiger charge is -2.20. The van der Waals surface area contributed by atoms with Crippen molar-refractivity contribution < 1.29 is 0 Å². The van der Waals surface area contributed by atoms with Crippen LogP contribution in [0.25, 0.3) is 0 Å². The Bertz CT molecular complexity index is 462. The van der Waals surface area contributed by atoms with Crippen LogP contribution in [0.1, 0.15) is 23.5 Å². The largest absolute Gasteiger partial charge is 0.309 e. The SMILES string of the molecule is CN(C)CC[C@@H](Cc1ccccc1)c1ccccc1. The predicted octanol–water partition coefficient (Wildman–Crippen LogP) is 3.96. The molecule has 0 fully saturated rings. The fourth-order valence-electron chi connectivity index (χ4n) is 2.42. The summed E-state index contributed by atoms with van der Waals surface area (Å²) in [5.74, 6) is 0.603. The topological polar surface area (TPSA) is 3.24 Å². The molecule has 0 aliphatic heterocycles. The van der Waals surface area contributed by atoms with Crippen LogP contribution >= 0.6 is 0 Å². The third-order valence-corrected chi connectivity index (χ3v) is 3.52. The molecular weight excluding hydrogens is 230 g/mol. The second kappa shape index (κ2) is 7.10. The second-order valence-electron chi connectivity index (χ2n) is 5.39. The summed E-state index contributed by atoms with van der Waals surface area (Å²) in [6.45, 7) is 1.13. The van der Waals surface area contributed by atoms with Gasteiger partial charge in [-0.1, -0.05) is 60.7 Å². The monoisotopic (exact) mass is 253 g/mol. The molecule has 0 radical (unpaired) electrons. The minimum atomic E-state index is 0.603. The van der Waals surface area contributed by atoms with E-state index < -0.39 is 0 Å². The van der Waals surface area contributed by atoms with Gasteiger partial charge in [0.25, 0.3) is 0 Å². The molecule has 100 valence electrons. The molecule has 2 aromatic carbocycles. The number of benzene rings is 2. The number of nitrogens with zero attached hydrogens (tertiary/aromatic N) is 1. The molecule has 0 N–H and O–H groups in total. The molecule has 0 aromatic heterocycles. The first-order valence-electron chi connectivity index (χ1n) is 6.99. The molecule has 0 heterocycles. The van der Waals surface area contributed by atoms with Crippen molar-refractivity contribution in [3.05, 3.63) is 71.8 Å². The van der Waals surface area contributed by atoms with Crippen LogP contribution in [-0.2, 0) is 6.42 Å². The highest BCUT2D eigenvalue weighted by Gasteiger charge is 2.12. The zero-order chi connectivity index (χ0) is 13.5. The Labute approximate surface area is 116 Å². The number of hydrogen-bond acceptors (Lipinski definition) is 1. The Hall–Kier alpha value is -1.60. The van der Waals surface area contributed by atoms with Gasteiger partial charge >= 0.3 is 0 Å². The lowest BCUT2D eigenvalue weighted by atomic mass is 9.89. The standard InChI is InChI=1S/C18H23N/c1-19(2)14-13-18(17-11-7-4-8-12-17)15-16-9-5-3-6-10-16/h3-12,18H,13-15H2,1-2H3/t18-/m0/s1. The maximum absolute atomic E-state index is 2.26. The summed E-state index contributed by atoms with van der Waals surface area (Å²) >= 11 is 0. The van der Waals surface area contributed by atoms with Gasteiger partial charge in [0.2, 0.25) is 0 Å². The summed E-state index contributed by atoms with van der Waals surface area (Å²) in [5.41, 5.74) is 2.88. The Morgan fingerprint density at radius 2 is 1.42 bits per heavy atom. The Kier molecular flexibility index (Phi) is 5.17. The van der Waals surface area contributed by atoms with E-state index in [4.69, 9.17) is 0 Å². The molecular formula is C18H23N. The molecule has 19 heavy (non-hydrogen) atoms. The van der Waals surface area contributed by atoms with Crippen LogP contribution in [0.4, 0.5) is 0 Å². The van der Waals surface area contributed by atoms with Gasteiger partial charge in [0.05, 0.1) is 0 Å². The van der Waals surface area contributed by atoms with Gasteiger partial charge in [-0.05, 0) is 50.5 Å². The van der Waals surface area contributed by atoms with Crippen LogP contribution in [0, 0.1) is 0 Å². The van der Waals surface area contributed by atoms with Crippen molar-refractivity contribution in [2.24, 2.45) is 0 Å². The lowest BCUT2D eigenvalue weighted by molar-refractivity contribution is 0.380. The van der Waals surface area contributed by atoms with E-state index in [1.54, 1.807) is 0 Å². The molecule has 0 aliphatic rings. The van der Waals surface area contributed by atoms with E-state index in [1.807, 2.05) is 0 Å². The van der Waals surface area contributed by atoms with Crippen molar-refractivity contribution in [3.8, 4) is 0 Å². The summed E-state index contributed by atoms with van der Waals surface area (Å²) in [6, 6.07) is 21.7. The van der Waals surface area contributed by atoms with Crippen LogP contribution < -0.4 is 0 Å². The molecule has 0 saturated heterocycles. The molecule has 0 unspecified atom stereocenters. The third kappa shape index (κ3) is 4.53. The maximum atomic E-state index is 2.26. The molecule has 1 nitrogen and oxygen atoms in total. The lowest BCUT2D eigenvalue weighted by Crippen LogP contribution is -2.17. The molecule has 0 spiro atoms. The van der Waals surface area contributed by atoms with Gasteiger partial charge in [-0.3, -0.25) is 0 Å². The van der Waals surface area contributed by atoms with E-state index in [1.165, 1.54) is 17.5 Å². The molecule has 1 heteroatoms. The molecule has 0 saturated carbocycles. The first kappa shape index (κ1) is 13.8. The van der Waals surface area contributed by atoms with Crippen LogP contribution in [0.3, 0.4) is 0 Å². The quantitative estimate of drug-likeness (QED) is 0.753. The van der Waals surface area contributed by atoms with Crippen LogP contribution in [-0.4, -0.2) is 25.5 Å². The van der Waals surface area contributed by atoms with E-state index in [2.05, 4.69) is 79.7 Å². The van der Waals surface area contributed by atoms with E-state index in [9.17, 15) is 0 Å². The number of hydrogen-bond donors (Lipinski definition) is 0. The van der Waals surface area contributed by atoms with Crippen molar-refractivity contribution in [2.45, 2.75) is 18.8 Å². The van der Waals surface area contributed by atoms with Crippen molar-refractivity contribution >= 4 is 0 Å². The third-order valence-electron chi connectivity index (χ3n) is 3.52. The average molecular weight is 253 g/mol. The van der Waals surface area contributed by atoms with Gasteiger partial charge in [0.15, 0.2) is 0 Å². The molecule has 0 aliphatic carbocycles. The van der Waals surface area contributed by atoms with Crippen LogP contribution in [0.15, 0.2) is 60.7 Å². The zero-order valence-corrected chi connectivity index (χ0v) is 11.9. The second-order valence-corrected chi connectivity index (χ2v) is 5.39. The summed E-state index contributed by atoms with van der Waals surface area (Å²) in [5, 5.41) is 0. The molecule has 1 atom stereocenters. The van der Waals surface area contributed by atoms with E-state index in [-0.39, 0.29) is 0 Å². The average Bonchev–Trinajstić information content (AvgIpc) is 2.45. The van der Waals surface area contributed by atoms with E-state index in [0.29, 0.717) is 5.92 Å². The molecule has 2 aromatic rings. The van der Waals surface area contributed by atoms with Gasteiger partial charge in [0, 0.05) is 0 Å². The Morgan fingerprint density at radius 1 is 0.842 bits per heavy atom. The normalized spacial score (nSPS) is 12.6. The van der Waals surface area contributed by atoms with Crippen molar-refractivity contribution in [3.63, 3.8) is 0 Å². The summed E-state index contributed by atoms with van der Waals surface area (Å²) in [4.78, 5) is 2.26. The van der Waals surface area contributed by atoms with Gasteiger partial charge in [-0.2, -0.15) is 0 Å². The zero-order valence-electron chi connectivity index (χ0n) is 11.9. The molecule has 0 amide bonds. The van der Waals surface area contributed by atoms with Crippen molar-refractivity contribution in [1.29, 1.82) is 0 Å². The first-order chi connectivity index (χ1) is 9.25. The van der Waals surface area contributed by atoms with Crippen molar-refractivity contribution in [2.75, 3.05) is 20.6 Å². The minimum Gasteiger partial charge on any atom is -0.309 e. The smallest absolute Gasteiger partial charge is 0.00189 e. The Morgan fingerprint density at radius 3 is 2.00 bits per heavy atom. The van der Waals surface area contributed by atoms with E-state index in [0.717, 1.165) is 13.0 Å². The fourth-order valence-corrected chi connectivity index (χ4v) is 2.42. The van der Waals surface area contributed by atoms with Crippen LogP contribution in [0.2, 0.25) is 0 Å². The van der Waals surface area contributed by atoms with Gasteiger partial charge in [-0.15, -0.1) is 0 Å². The summed E-state index contributed by atoms with van der Waals surface area (Å²) < 4.78 is 0.